The molecule has 26 heavy (non-hydrogen) atoms. The highest BCUT2D eigenvalue weighted by molar-refractivity contribution is 5.79. The number of nitrogens with zero attached hydrogens (tertiary/aromatic N) is 2. The van der Waals surface area contributed by atoms with Gasteiger partial charge in [0.05, 0.1) is 13.7 Å². The second kappa shape index (κ2) is 10.9. The zero-order chi connectivity index (χ0) is 18.8. The zero-order valence-electron chi connectivity index (χ0n) is 16.6. The van der Waals surface area contributed by atoms with Gasteiger partial charge in [-0.1, -0.05) is 19.1 Å². The van der Waals surface area contributed by atoms with Crippen LogP contribution in [-0.4, -0.2) is 63.3 Å². The Bertz CT molecular complexity index is 558. The van der Waals surface area contributed by atoms with Crippen LogP contribution in [-0.2, 0) is 0 Å². The first-order chi connectivity index (χ1) is 12.7. The molecule has 0 saturated carbocycles. The molecule has 6 nitrogen and oxygen atoms in total. The van der Waals surface area contributed by atoms with Crippen molar-refractivity contribution in [1.82, 2.24) is 15.5 Å². The summed E-state index contributed by atoms with van der Waals surface area (Å²) in [7, 11) is 3.46. The third-order valence-corrected chi connectivity index (χ3v) is 4.81. The number of rotatable bonds is 9. The lowest BCUT2D eigenvalue weighted by Gasteiger charge is -2.27. The van der Waals surface area contributed by atoms with Crippen LogP contribution in [0.15, 0.2) is 29.3 Å². The maximum absolute atomic E-state index is 5.98. The molecule has 0 bridgehead atoms. The van der Waals surface area contributed by atoms with E-state index in [0.717, 1.165) is 30.4 Å². The molecule has 2 atom stereocenters. The monoisotopic (exact) mass is 362 g/mol. The van der Waals surface area contributed by atoms with E-state index in [9.17, 15) is 0 Å². The quantitative estimate of drug-likeness (QED) is 0.522. The van der Waals surface area contributed by atoms with E-state index < -0.39 is 0 Å². The second-order valence-corrected chi connectivity index (χ2v) is 6.72. The molecule has 1 aliphatic heterocycles. The van der Waals surface area contributed by atoms with Gasteiger partial charge in [0.2, 0.25) is 0 Å². The van der Waals surface area contributed by atoms with Crippen LogP contribution in [0.4, 0.5) is 0 Å². The number of hydrogen-bond acceptors (Lipinski definition) is 4. The highest BCUT2D eigenvalue weighted by Gasteiger charge is 2.20. The van der Waals surface area contributed by atoms with Crippen LogP contribution in [0.1, 0.15) is 33.1 Å². The number of guanidine groups is 1. The van der Waals surface area contributed by atoms with Gasteiger partial charge in [-0.25, -0.2) is 0 Å². The summed E-state index contributed by atoms with van der Waals surface area (Å²) >= 11 is 0. The number of ether oxygens (including phenoxy) is 2. The Morgan fingerprint density at radius 2 is 1.81 bits per heavy atom. The molecule has 0 amide bonds. The van der Waals surface area contributed by atoms with Gasteiger partial charge in [0, 0.05) is 19.6 Å². The van der Waals surface area contributed by atoms with E-state index in [1.165, 1.54) is 25.9 Å². The first-order valence-corrected chi connectivity index (χ1v) is 9.66. The Kier molecular flexibility index (Phi) is 8.54. The van der Waals surface area contributed by atoms with Crippen molar-refractivity contribution in [3.63, 3.8) is 0 Å². The fourth-order valence-electron chi connectivity index (χ4n) is 3.29. The van der Waals surface area contributed by atoms with E-state index in [0.29, 0.717) is 12.6 Å². The smallest absolute Gasteiger partial charge is 0.191 e. The van der Waals surface area contributed by atoms with Crippen molar-refractivity contribution in [2.75, 3.05) is 40.3 Å². The molecular formula is C20H34N4O2. The minimum Gasteiger partial charge on any atom is -0.493 e. The molecule has 146 valence electrons. The van der Waals surface area contributed by atoms with Gasteiger partial charge in [-0.15, -0.1) is 0 Å². The van der Waals surface area contributed by atoms with Crippen LogP contribution in [0.5, 0.6) is 11.5 Å². The predicted molar refractivity (Wildman–Crippen MR) is 107 cm³/mol. The second-order valence-electron chi connectivity index (χ2n) is 6.72. The van der Waals surface area contributed by atoms with Gasteiger partial charge in [0.25, 0.3) is 0 Å². The molecule has 0 aliphatic carbocycles. The lowest BCUT2D eigenvalue weighted by Crippen LogP contribution is -2.47. The van der Waals surface area contributed by atoms with Gasteiger partial charge in [-0.05, 0) is 51.4 Å². The molecule has 1 saturated heterocycles. The average Bonchev–Trinajstić information content (AvgIpc) is 3.19. The normalized spacial score (nSPS) is 17.6. The summed E-state index contributed by atoms with van der Waals surface area (Å²) in [4.78, 5) is 6.91. The third kappa shape index (κ3) is 6.09. The Morgan fingerprint density at radius 1 is 1.15 bits per heavy atom. The molecular weight excluding hydrogens is 328 g/mol. The van der Waals surface area contributed by atoms with Crippen LogP contribution >= 0.6 is 0 Å². The lowest BCUT2D eigenvalue weighted by atomic mass is 10.2. The SMILES string of the molecule is CCC(CNC(=NC)NCC(C)Oc1ccccc1OC)N1CCCC1. The molecule has 1 fully saturated rings. The largest absolute Gasteiger partial charge is 0.493 e. The van der Waals surface area contributed by atoms with E-state index in [4.69, 9.17) is 9.47 Å². The molecule has 1 aromatic carbocycles. The first kappa shape index (κ1) is 20.4. The molecule has 2 N–H and O–H groups in total. The Morgan fingerprint density at radius 3 is 2.42 bits per heavy atom. The van der Waals surface area contributed by atoms with Crippen molar-refractivity contribution >= 4 is 5.96 Å². The van der Waals surface area contributed by atoms with E-state index in [1.54, 1.807) is 14.2 Å². The standard InChI is InChI=1S/C20H34N4O2/c1-5-17(24-12-8-9-13-24)15-23-20(21-3)22-14-16(2)26-19-11-7-6-10-18(19)25-4/h6-7,10-11,16-17H,5,8-9,12-15H2,1-4H3,(H2,21,22,23). The van der Waals surface area contributed by atoms with Crippen LogP contribution in [0.3, 0.4) is 0 Å². The lowest BCUT2D eigenvalue weighted by molar-refractivity contribution is 0.213. The van der Waals surface area contributed by atoms with Gasteiger partial charge in [0.15, 0.2) is 17.5 Å². The van der Waals surface area contributed by atoms with E-state index in [-0.39, 0.29) is 6.10 Å². The number of hydrogen-bond donors (Lipinski definition) is 2. The number of likely N-dealkylation sites (tertiary alicyclic amines) is 1. The summed E-state index contributed by atoms with van der Waals surface area (Å²) in [6, 6.07) is 8.27. The molecule has 0 radical (unpaired) electrons. The third-order valence-electron chi connectivity index (χ3n) is 4.81. The molecule has 1 aliphatic rings. The molecule has 0 aromatic heterocycles. The Balaban J connectivity index is 1.76. The van der Waals surface area contributed by atoms with Crippen LogP contribution in [0, 0.1) is 0 Å². The Labute approximate surface area is 158 Å². The number of nitrogens with one attached hydrogen (secondary N) is 2. The van der Waals surface area contributed by atoms with Crippen LogP contribution < -0.4 is 20.1 Å². The van der Waals surface area contributed by atoms with Gasteiger partial charge in [-0.2, -0.15) is 0 Å². The molecule has 0 spiro atoms. The van der Waals surface area contributed by atoms with Crippen molar-refractivity contribution in [3.8, 4) is 11.5 Å². The maximum Gasteiger partial charge on any atom is 0.191 e. The number of benzene rings is 1. The van der Waals surface area contributed by atoms with Crippen LogP contribution in [0.25, 0.3) is 0 Å². The van der Waals surface area contributed by atoms with Crippen molar-refractivity contribution in [2.24, 2.45) is 4.99 Å². The molecule has 2 rings (SSSR count). The van der Waals surface area contributed by atoms with Crippen LogP contribution in [0.2, 0.25) is 0 Å². The van der Waals surface area contributed by atoms with Gasteiger partial charge in [-0.3, -0.25) is 9.89 Å². The topological polar surface area (TPSA) is 58.1 Å². The summed E-state index contributed by atoms with van der Waals surface area (Å²) in [6.07, 6.45) is 3.78. The van der Waals surface area contributed by atoms with Crippen molar-refractivity contribution in [2.45, 2.75) is 45.3 Å². The maximum atomic E-state index is 5.98. The summed E-state index contributed by atoms with van der Waals surface area (Å²) in [6.45, 7) is 8.30. The minimum atomic E-state index is -0.00889. The number of aliphatic imine (C=N–C) groups is 1. The minimum absolute atomic E-state index is 0.00889. The van der Waals surface area contributed by atoms with Crippen molar-refractivity contribution in [3.05, 3.63) is 24.3 Å². The summed E-state index contributed by atoms with van der Waals surface area (Å²) in [5, 5.41) is 6.81. The number of para-hydroxylation sites is 2. The highest BCUT2D eigenvalue weighted by atomic mass is 16.5. The summed E-state index contributed by atoms with van der Waals surface area (Å²) in [5.74, 6) is 2.32. The molecule has 2 unspecified atom stereocenters. The fraction of sp³-hybridized carbons (Fsp3) is 0.650. The van der Waals surface area contributed by atoms with E-state index in [2.05, 4.69) is 27.4 Å². The molecule has 6 heteroatoms. The van der Waals surface area contributed by atoms with Gasteiger partial charge < -0.3 is 20.1 Å². The van der Waals surface area contributed by atoms with Gasteiger partial charge >= 0.3 is 0 Å². The molecule has 1 aromatic rings. The molecule has 1 heterocycles. The first-order valence-electron chi connectivity index (χ1n) is 9.66. The van der Waals surface area contributed by atoms with Crippen molar-refractivity contribution < 1.29 is 9.47 Å². The highest BCUT2D eigenvalue weighted by Crippen LogP contribution is 2.26. The number of methoxy groups -OCH3 is 1. The van der Waals surface area contributed by atoms with Gasteiger partial charge in [0.1, 0.15) is 6.10 Å². The summed E-state index contributed by atoms with van der Waals surface area (Å²) in [5.41, 5.74) is 0. The van der Waals surface area contributed by atoms with E-state index in [1.807, 2.05) is 31.2 Å². The zero-order valence-corrected chi connectivity index (χ0v) is 16.6. The fourth-order valence-corrected chi connectivity index (χ4v) is 3.29. The predicted octanol–water partition coefficient (Wildman–Crippen LogP) is 2.50. The van der Waals surface area contributed by atoms with Crippen molar-refractivity contribution in [1.29, 1.82) is 0 Å². The summed E-state index contributed by atoms with van der Waals surface area (Å²) < 4.78 is 11.3. The average molecular weight is 363 g/mol. The Hall–Kier alpha value is -1.95. The van der Waals surface area contributed by atoms with E-state index >= 15 is 0 Å².